The molecule has 2 aromatic carbocycles. The lowest BCUT2D eigenvalue weighted by molar-refractivity contribution is 0.521. The zero-order valence-electron chi connectivity index (χ0n) is 11.6. The molecule has 1 unspecified atom stereocenters. The number of hydrogen-bond donors (Lipinski definition) is 1. The largest absolute Gasteiger partial charge is 0.314 e. The topological polar surface area (TPSA) is 12.0 Å². The highest BCUT2D eigenvalue weighted by molar-refractivity contribution is 6.30. The van der Waals surface area contributed by atoms with Crippen molar-refractivity contribution in [1.29, 1.82) is 0 Å². The first-order valence-corrected chi connectivity index (χ1v) is 7.27. The van der Waals surface area contributed by atoms with Crippen molar-refractivity contribution in [3.8, 4) is 0 Å². The van der Waals surface area contributed by atoms with Crippen LogP contribution in [-0.2, 0) is 12.8 Å². The Morgan fingerprint density at radius 3 is 1.95 bits per heavy atom. The molecule has 0 aromatic heterocycles. The minimum atomic E-state index is -0.188. The monoisotopic (exact) mass is 291 g/mol. The molecule has 1 atom stereocenters. The molecule has 1 N–H and O–H groups in total. The molecule has 0 heterocycles. The van der Waals surface area contributed by atoms with Gasteiger partial charge in [-0.3, -0.25) is 0 Å². The summed E-state index contributed by atoms with van der Waals surface area (Å²) < 4.78 is 12.9. The van der Waals surface area contributed by atoms with Gasteiger partial charge in [0.25, 0.3) is 0 Å². The fourth-order valence-corrected chi connectivity index (χ4v) is 2.44. The molecule has 20 heavy (non-hydrogen) atoms. The molecule has 2 aromatic rings. The van der Waals surface area contributed by atoms with Gasteiger partial charge in [-0.15, -0.1) is 0 Å². The standard InChI is InChI=1S/C17H19ClFN/c1-2-20-17(11-13-3-7-15(18)8-4-13)12-14-5-9-16(19)10-6-14/h3-10,17,20H,2,11-12H2,1H3. The van der Waals surface area contributed by atoms with Crippen LogP contribution in [0.4, 0.5) is 4.39 Å². The SMILES string of the molecule is CCNC(Cc1ccc(F)cc1)Cc1ccc(Cl)cc1. The van der Waals surface area contributed by atoms with E-state index < -0.39 is 0 Å². The van der Waals surface area contributed by atoms with Crippen molar-refractivity contribution in [2.45, 2.75) is 25.8 Å². The molecule has 0 aliphatic heterocycles. The molecule has 0 spiro atoms. The van der Waals surface area contributed by atoms with E-state index in [9.17, 15) is 4.39 Å². The fraction of sp³-hybridized carbons (Fsp3) is 0.294. The molecule has 2 rings (SSSR count). The maximum absolute atomic E-state index is 12.9. The quantitative estimate of drug-likeness (QED) is 0.839. The molecule has 0 saturated carbocycles. The third kappa shape index (κ3) is 4.62. The van der Waals surface area contributed by atoms with Crippen molar-refractivity contribution in [2.75, 3.05) is 6.54 Å². The van der Waals surface area contributed by atoms with Crippen LogP contribution in [0.3, 0.4) is 0 Å². The Bertz CT molecular complexity index is 474. The second-order valence-corrected chi connectivity index (χ2v) is 5.35. The molecule has 0 bridgehead atoms. The summed E-state index contributed by atoms with van der Waals surface area (Å²) >= 11 is 5.90. The van der Waals surface area contributed by atoms with Crippen LogP contribution >= 0.6 is 11.6 Å². The lowest BCUT2D eigenvalue weighted by atomic mass is 9.99. The second kappa shape index (κ2) is 7.41. The Balaban J connectivity index is 2.02. The third-order valence-corrected chi connectivity index (χ3v) is 3.54. The molecule has 0 amide bonds. The van der Waals surface area contributed by atoms with E-state index in [-0.39, 0.29) is 5.82 Å². The smallest absolute Gasteiger partial charge is 0.123 e. The summed E-state index contributed by atoms with van der Waals surface area (Å²) in [6, 6.07) is 15.0. The Kier molecular flexibility index (Phi) is 5.57. The van der Waals surface area contributed by atoms with Crippen LogP contribution in [-0.4, -0.2) is 12.6 Å². The summed E-state index contributed by atoms with van der Waals surface area (Å²) in [4.78, 5) is 0. The number of hydrogen-bond acceptors (Lipinski definition) is 1. The number of likely N-dealkylation sites (N-methyl/N-ethyl adjacent to an activating group) is 1. The van der Waals surface area contributed by atoms with Crippen LogP contribution in [0.15, 0.2) is 48.5 Å². The van der Waals surface area contributed by atoms with Gasteiger partial charge < -0.3 is 5.32 Å². The Morgan fingerprint density at radius 2 is 1.45 bits per heavy atom. The van der Waals surface area contributed by atoms with Gasteiger partial charge in [0.2, 0.25) is 0 Å². The van der Waals surface area contributed by atoms with Crippen molar-refractivity contribution in [3.05, 3.63) is 70.5 Å². The van der Waals surface area contributed by atoms with Gasteiger partial charge in [-0.2, -0.15) is 0 Å². The van der Waals surface area contributed by atoms with Gasteiger partial charge in [-0.1, -0.05) is 42.8 Å². The summed E-state index contributed by atoms with van der Waals surface area (Å²) in [6.07, 6.45) is 1.82. The predicted octanol–water partition coefficient (Wildman–Crippen LogP) is 4.24. The summed E-state index contributed by atoms with van der Waals surface area (Å²) in [5, 5.41) is 4.24. The van der Waals surface area contributed by atoms with Crippen LogP contribution in [0.5, 0.6) is 0 Å². The van der Waals surface area contributed by atoms with Crippen molar-refractivity contribution in [3.63, 3.8) is 0 Å². The summed E-state index contributed by atoms with van der Waals surface area (Å²) in [5.74, 6) is -0.188. The fourth-order valence-electron chi connectivity index (χ4n) is 2.32. The van der Waals surface area contributed by atoms with Crippen LogP contribution in [0.1, 0.15) is 18.1 Å². The summed E-state index contributed by atoms with van der Waals surface area (Å²) in [5.41, 5.74) is 2.40. The van der Waals surface area contributed by atoms with Gasteiger partial charge in [0, 0.05) is 11.1 Å². The van der Waals surface area contributed by atoms with E-state index in [1.54, 1.807) is 0 Å². The van der Waals surface area contributed by atoms with E-state index in [1.165, 1.54) is 17.7 Å². The molecule has 0 radical (unpaired) electrons. The zero-order chi connectivity index (χ0) is 14.4. The van der Waals surface area contributed by atoms with Gasteiger partial charge in [0.05, 0.1) is 0 Å². The molecule has 0 aliphatic rings. The van der Waals surface area contributed by atoms with Gasteiger partial charge in [0.1, 0.15) is 5.82 Å². The van der Waals surface area contributed by atoms with Crippen LogP contribution in [0, 0.1) is 5.82 Å². The van der Waals surface area contributed by atoms with Crippen molar-refractivity contribution in [1.82, 2.24) is 5.32 Å². The molecule has 1 nitrogen and oxygen atoms in total. The summed E-state index contributed by atoms with van der Waals surface area (Å²) in [6.45, 7) is 3.01. The third-order valence-electron chi connectivity index (χ3n) is 3.28. The van der Waals surface area contributed by atoms with Crippen LogP contribution < -0.4 is 5.32 Å². The van der Waals surface area contributed by atoms with E-state index in [0.29, 0.717) is 6.04 Å². The lowest BCUT2D eigenvalue weighted by Gasteiger charge is -2.18. The van der Waals surface area contributed by atoms with E-state index in [2.05, 4.69) is 24.4 Å². The minimum absolute atomic E-state index is 0.188. The first-order valence-electron chi connectivity index (χ1n) is 6.89. The second-order valence-electron chi connectivity index (χ2n) is 4.92. The summed E-state index contributed by atoms with van der Waals surface area (Å²) in [7, 11) is 0. The van der Waals surface area contributed by atoms with Crippen LogP contribution in [0.25, 0.3) is 0 Å². The van der Waals surface area contributed by atoms with E-state index >= 15 is 0 Å². The first kappa shape index (κ1) is 15.0. The maximum Gasteiger partial charge on any atom is 0.123 e. The van der Waals surface area contributed by atoms with E-state index in [1.807, 2.05) is 24.3 Å². The Labute approximate surface area is 124 Å². The van der Waals surface area contributed by atoms with Crippen LogP contribution in [0.2, 0.25) is 5.02 Å². The molecule has 0 fully saturated rings. The molecule has 3 heteroatoms. The maximum atomic E-state index is 12.9. The highest BCUT2D eigenvalue weighted by Gasteiger charge is 2.09. The van der Waals surface area contributed by atoms with Gasteiger partial charge in [-0.05, 0) is 54.8 Å². The highest BCUT2D eigenvalue weighted by atomic mass is 35.5. The number of nitrogens with one attached hydrogen (secondary N) is 1. The van der Waals surface area contributed by atoms with Crippen molar-refractivity contribution < 1.29 is 4.39 Å². The Hall–Kier alpha value is -1.38. The van der Waals surface area contributed by atoms with E-state index in [4.69, 9.17) is 11.6 Å². The highest BCUT2D eigenvalue weighted by Crippen LogP contribution is 2.13. The first-order chi connectivity index (χ1) is 9.67. The molecular weight excluding hydrogens is 273 g/mol. The molecule has 106 valence electrons. The molecule has 0 aliphatic carbocycles. The van der Waals surface area contributed by atoms with Crippen molar-refractivity contribution in [2.24, 2.45) is 0 Å². The number of rotatable bonds is 6. The van der Waals surface area contributed by atoms with Gasteiger partial charge in [0.15, 0.2) is 0 Å². The Morgan fingerprint density at radius 1 is 0.950 bits per heavy atom. The predicted molar refractivity (Wildman–Crippen MR) is 82.7 cm³/mol. The van der Waals surface area contributed by atoms with Gasteiger partial charge >= 0.3 is 0 Å². The number of halogens is 2. The normalized spacial score (nSPS) is 12.3. The van der Waals surface area contributed by atoms with Gasteiger partial charge in [-0.25, -0.2) is 4.39 Å². The number of benzene rings is 2. The lowest BCUT2D eigenvalue weighted by Crippen LogP contribution is -2.33. The average molecular weight is 292 g/mol. The average Bonchev–Trinajstić information content (AvgIpc) is 2.44. The van der Waals surface area contributed by atoms with E-state index in [0.717, 1.165) is 30.0 Å². The minimum Gasteiger partial charge on any atom is -0.314 e. The molecule has 0 saturated heterocycles. The van der Waals surface area contributed by atoms with Crippen molar-refractivity contribution >= 4 is 11.6 Å². The zero-order valence-corrected chi connectivity index (χ0v) is 12.3. The molecular formula is C17H19ClFN.